The molecule has 2 saturated heterocycles. The molecule has 120 valence electrons. The highest BCUT2D eigenvalue weighted by Gasteiger charge is 2.39. The molecule has 0 saturated carbocycles. The molecular weight excluding hydrogens is 296 g/mol. The Morgan fingerprint density at radius 2 is 1.78 bits per heavy atom. The molecule has 0 radical (unpaired) electrons. The molecule has 0 spiro atoms. The minimum absolute atomic E-state index is 0.107. The lowest BCUT2D eigenvalue weighted by molar-refractivity contribution is 0.0221. The lowest BCUT2D eigenvalue weighted by Crippen LogP contribution is -2.15. The van der Waals surface area contributed by atoms with Crippen LogP contribution in [0.25, 0.3) is 11.1 Å². The van der Waals surface area contributed by atoms with Gasteiger partial charge in [-0.25, -0.2) is 0 Å². The molecular formula is C18H18O5. The summed E-state index contributed by atoms with van der Waals surface area (Å²) in [6.45, 7) is 1.74. The van der Waals surface area contributed by atoms with E-state index in [1.807, 2.05) is 30.3 Å². The molecule has 5 heteroatoms. The van der Waals surface area contributed by atoms with Crippen LogP contribution in [0, 0.1) is 0 Å². The van der Waals surface area contributed by atoms with Gasteiger partial charge in [0.15, 0.2) is 11.5 Å². The van der Waals surface area contributed by atoms with Crippen LogP contribution in [0.3, 0.4) is 0 Å². The third-order valence-electron chi connectivity index (χ3n) is 4.13. The molecule has 5 nitrogen and oxygen atoms in total. The maximum Gasteiger partial charge on any atom is 0.164 e. The van der Waals surface area contributed by atoms with Gasteiger partial charge in [-0.1, -0.05) is 36.4 Å². The van der Waals surface area contributed by atoms with Gasteiger partial charge in [-0.15, -0.1) is 0 Å². The largest absolute Gasteiger partial charge is 0.504 e. The lowest BCUT2D eigenvalue weighted by Gasteiger charge is -2.21. The van der Waals surface area contributed by atoms with E-state index in [1.54, 1.807) is 6.07 Å². The van der Waals surface area contributed by atoms with E-state index in [0.29, 0.717) is 25.4 Å². The van der Waals surface area contributed by atoms with E-state index in [0.717, 1.165) is 11.1 Å². The summed E-state index contributed by atoms with van der Waals surface area (Å²) in [6, 6.07) is 13.0. The first-order chi connectivity index (χ1) is 11.2. The molecule has 3 unspecified atom stereocenters. The van der Waals surface area contributed by atoms with E-state index in [-0.39, 0.29) is 23.7 Å². The molecule has 2 heterocycles. The second-order valence-electron chi connectivity index (χ2n) is 5.84. The van der Waals surface area contributed by atoms with E-state index in [1.165, 1.54) is 6.07 Å². The standard InChI is InChI=1S/C18H18O5/c19-14-7-6-13(11-4-2-1-3-5-11)16(17(14)20)18(15-10-22-15)23-9-12-8-21-12/h1-7,12,15,18-20H,8-10H2. The van der Waals surface area contributed by atoms with Crippen LogP contribution in [0.2, 0.25) is 0 Å². The van der Waals surface area contributed by atoms with Crippen molar-refractivity contribution >= 4 is 0 Å². The molecule has 2 aromatic carbocycles. The van der Waals surface area contributed by atoms with Gasteiger partial charge >= 0.3 is 0 Å². The monoisotopic (exact) mass is 314 g/mol. The van der Waals surface area contributed by atoms with Gasteiger partial charge in [0.25, 0.3) is 0 Å². The minimum Gasteiger partial charge on any atom is -0.504 e. The fraction of sp³-hybridized carbons (Fsp3) is 0.333. The SMILES string of the molecule is Oc1ccc(-c2ccccc2)c(C(OCC2CO2)C2CO2)c1O. The number of epoxide rings is 2. The second-order valence-corrected chi connectivity index (χ2v) is 5.84. The molecule has 4 rings (SSSR count). The van der Waals surface area contributed by atoms with Crippen molar-refractivity contribution in [3.05, 3.63) is 48.0 Å². The summed E-state index contributed by atoms with van der Waals surface area (Å²) in [5, 5.41) is 20.4. The van der Waals surface area contributed by atoms with E-state index < -0.39 is 6.10 Å². The van der Waals surface area contributed by atoms with Gasteiger partial charge in [-0.3, -0.25) is 0 Å². The first kappa shape index (κ1) is 14.5. The molecule has 3 atom stereocenters. The number of hydrogen-bond acceptors (Lipinski definition) is 5. The molecule has 2 fully saturated rings. The molecule has 0 amide bonds. The zero-order valence-electron chi connectivity index (χ0n) is 12.5. The predicted octanol–water partition coefficient (Wildman–Crippen LogP) is 2.62. The first-order valence-electron chi connectivity index (χ1n) is 7.69. The van der Waals surface area contributed by atoms with E-state index in [9.17, 15) is 10.2 Å². The quantitative estimate of drug-likeness (QED) is 0.633. The number of rotatable bonds is 6. The van der Waals surface area contributed by atoms with Crippen molar-refractivity contribution in [1.29, 1.82) is 0 Å². The molecule has 2 N–H and O–H groups in total. The smallest absolute Gasteiger partial charge is 0.164 e. The minimum atomic E-state index is -0.429. The Hall–Kier alpha value is -2.08. The molecule has 2 aliphatic rings. The maximum absolute atomic E-state index is 10.5. The van der Waals surface area contributed by atoms with E-state index >= 15 is 0 Å². The van der Waals surface area contributed by atoms with Crippen molar-refractivity contribution in [2.75, 3.05) is 19.8 Å². The summed E-state index contributed by atoms with van der Waals surface area (Å²) in [6.07, 6.45) is -0.415. The molecule has 2 aliphatic heterocycles. The van der Waals surface area contributed by atoms with Crippen LogP contribution in [-0.4, -0.2) is 42.2 Å². The summed E-state index contributed by atoms with van der Waals surface area (Å²) in [7, 11) is 0. The normalized spacial score (nSPS) is 23.5. The average molecular weight is 314 g/mol. The fourth-order valence-electron chi connectivity index (χ4n) is 2.74. The van der Waals surface area contributed by atoms with Gasteiger partial charge in [0.05, 0.1) is 19.8 Å². The topological polar surface area (TPSA) is 74.8 Å². The third-order valence-corrected chi connectivity index (χ3v) is 4.13. The highest BCUT2D eigenvalue weighted by Crippen LogP contribution is 2.45. The number of aromatic hydroxyl groups is 2. The summed E-state index contributed by atoms with van der Waals surface area (Å²) in [4.78, 5) is 0. The van der Waals surface area contributed by atoms with Gasteiger partial charge in [0, 0.05) is 5.56 Å². The van der Waals surface area contributed by atoms with Crippen molar-refractivity contribution in [2.24, 2.45) is 0 Å². The van der Waals surface area contributed by atoms with Crippen LogP contribution in [-0.2, 0) is 14.2 Å². The molecule has 0 aromatic heterocycles. The van der Waals surface area contributed by atoms with Crippen molar-refractivity contribution in [3.8, 4) is 22.6 Å². The summed E-state index contributed by atoms with van der Waals surface area (Å²) >= 11 is 0. The van der Waals surface area contributed by atoms with Crippen molar-refractivity contribution in [1.82, 2.24) is 0 Å². The van der Waals surface area contributed by atoms with Crippen LogP contribution in [0.4, 0.5) is 0 Å². The predicted molar refractivity (Wildman–Crippen MR) is 83.4 cm³/mol. The van der Waals surface area contributed by atoms with Crippen LogP contribution < -0.4 is 0 Å². The zero-order valence-corrected chi connectivity index (χ0v) is 12.5. The Kier molecular flexibility index (Phi) is 3.69. The highest BCUT2D eigenvalue weighted by atomic mass is 16.6. The van der Waals surface area contributed by atoms with Crippen LogP contribution in [0.5, 0.6) is 11.5 Å². The van der Waals surface area contributed by atoms with Crippen LogP contribution >= 0.6 is 0 Å². The number of phenolic OH excluding ortho intramolecular Hbond substituents is 2. The van der Waals surface area contributed by atoms with Gasteiger partial charge in [-0.2, -0.15) is 0 Å². The Balaban J connectivity index is 1.75. The Morgan fingerprint density at radius 1 is 1.04 bits per heavy atom. The zero-order chi connectivity index (χ0) is 15.8. The van der Waals surface area contributed by atoms with E-state index in [2.05, 4.69) is 0 Å². The van der Waals surface area contributed by atoms with E-state index in [4.69, 9.17) is 14.2 Å². The number of ether oxygens (including phenoxy) is 3. The summed E-state index contributed by atoms with van der Waals surface area (Å²) in [5.41, 5.74) is 2.35. The molecule has 0 aliphatic carbocycles. The third kappa shape index (κ3) is 3.03. The summed E-state index contributed by atoms with van der Waals surface area (Å²) < 4.78 is 16.5. The summed E-state index contributed by atoms with van der Waals surface area (Å²) in [5.74, 6) is -0.305. The number of phenols is 2. The maximum atomic E-state index is 10.5. The van der Waals surface area contributed by atoms with Gasteiger partial charge < -0.3 is 24.4 Å². The van der Waals surface area contributed by atoms with Gasteiger partial charge in [-0.05, 0) is 17.2 Å². The van der Waals surface area contributed by atoms with Gasteiger partial charge in [0.2, 0.25) is 0 Å². The van der Waals surface area contributed by atoms with Crippen molar-refractivity contribution in [3.63, 3.8) is 0 Å². The van der Waals surface area contributed by atoms with Gasteiger partial charge in [0.1, 0.15) is 18.3 Å². The first-order valence-corrected chi connectivity index (χ1v) is 7.69. The second kappa shape index (κ2) is 5.85. The number of hydrogen-bond donors (Lipinski definition) is 2. The number of benzene rings is 2. The van der Waals surface area contributed by atoms with Crippen LogP contribution in [0.15, 0.2) is 42.5 Å². The molecule has 0 bridgehead atoms. The average Bonchev–Trinajstić information content (AvgIpc) is 3.46. The Bertz CT molecular complexity index is 692. The van der Waals surface area contributed by atoms with Crippen molar-refractivity contribution in [2.45, 2.75) is 18.3 Å². The molecule has 2 aromatic rings. The van der Waals surface area contributed by atoms with Crippen molar-refractivity contribution < 1.29 is 24.4 Å². The van der Waals surface area contributed by atoms with Crippen LogP contribution in [0.1, 0.15) is 11.7 Å². The lowest BCUT2D eigenvalue weighted by atomic mass is 9.93. The molecule has 23 heavy (non-hydrogen) atoms. The highest BCUT2D eigenvalue weighted by molar-refractivity contribution is 5.73. The fourth-order valence-corrected chi connectivity index (χ4v) is 2.74. The Labute approximate surface area is 134 Å². The Morgan fingerprint density at radius 3 is 2.43 bits per heavy atom.